The SMILES string of the molecule is CCN(CC)c1cc(NC(=O)C(C)N)c(O)c2c1CC1CC3C(N(C)C)C(=O)C(C(N)=O)C(=O)C3(O)C(=O)C1C2=O. The van der Waals surface area contributed by atoms with Crippen molar-refractivity contribution in [3.63, 3.8) is 0 Å². The van der Waals surface area contributed by atoms with E-state index < -0.39 is 82.1 Å². The van der Waals surface area contributed by atoms with E-state index in [9.17, 15) is 39.0 Å². The molecule has 7 unspecified atom stereocenters. The third-order valence-electron chi connectivity index (χ3n) is 8.81. The number of ketones is 4. The first-order valence-electron chi connectivity index (χ1n) is 13.7. The van der Waals surface area contributed by atoms with Crippen LogP contribution in [0.4, 0.5) is 11.4 Å². The summed E-state index contributed by atoms with van der Waals surface area (Å²) in [4.78, 5) is 82.7. The second kappa shape index (κ2) is 10.6. The van der Waals surface area contributed by atoms with Crippen molar-refractivity contribution in [2.45, 2.75) is 51.3 Å². The molecule has 1 aromatic rings. The molecule has 13 nitrogen and oxygen atoms in total. The van der Waals surface area contributed by atoms with Crippen LogP contribution in [0.1, 0.15) is 43.1 Å². The van der Waals surface area contributed by atoms with E-state index in [0.717, 1.165) is 0 Å². The van der Waals surface area contributed by atoms with Gasteiger partial charge in [0.2, 0.25) is 11.8 Å². The molecule has 4 rings (SSSR count). The Hall–Kier alpha value is -3.68. The summed E-state index contributed by atoms with van der Waals surface area (Å²) < 4.78 is 0. The molecule has 0 saturated heterocycles. The van der Waals surface area contributed by atoms with Gasteiger partial charge in [-0.05, 0) is 65.3 Å². The van der Waals surface area contributed by atoms with Gasteiger partial charge in [0.05, 0.1) is 29.3 Å². The molecule has 7 atom stereocenters. The van der Waals surface area contributed by atoms with Gasteiger partial charge in [-0.25, -0.2) is 0 Å². The highest BCUT2D eigenvalue weighted by Crippen LogP contribution is 2.52. The minimum Gasteiger partial charge on any atom is -0.505 e. The summed E-state index contributed by atoms with van der Waals surface area (Å²) in [5.74, 6) is -12.0. The largest absolute Gasteiger partial charge is 0.505 e. The van der Waals surface area contributed by atoms with Crippen LogP contribution < -0.4 is 21.7 Å². The Labute approximate surface area is 237 Å². The summed E-state index contributed by atoms with van der Waals surface area (Å²) in [6, 6.07) is -0.538. The average Bonchev–Trinajstić information content (AvgIpc) is 2.88. The zero-order valence-electron chi connectivity index (χ0n) is 23.8. The molecule has 3 aliphatic rings. The van der Waals surface area contributed by atoms with Gasteiger partial charge in [0.1, 0.15) is 5.75 Å². The molecule has 7 N–H and O–H groups in total. The number of primary amides is 1. The number of carbonyl (C=O) groups is 6. The lowest BCUT2D eigenvalue weighted by Gasteiger charge is -2.52. The number of phenols is 1. The molecule has 1 aromatic carbocycles. The highest BCUT2D eigenvalue weighted by Gasteiger charge is 2.69. The molecular formula is C28H37N5O8. The highest BCUT2D eigenvalue weighted by atomic mass is 16.3. The van der Waals surface area contributed by atoms with E-state index >= 15 is 0 Å². The molecule has 0 aromatic heterocycles. The minimum atomic E-state index is -2.81. The number of Topliss-reactive ketones (excluding diaryl/α,β-unsaturated/α-hetero) is 4. The van der Waals surface area contributed by atoms with E-state index in [4.69, 9.17) is 11.5 Å². The molecule has 13 heteroatoms. The van der Waals surface area contributed by atoms with Crippen molar-refractivity contribution in [3.05, 3.63) is 17.2 Å². The number of phenolic OH excluding ortho intramolecular Hbond substituents is 1. The molecule has 2 amide bonds. The van der Waals surface area contributed by atoms with Crippen molar-refractivity contribution in [2.24, 2.45) is 35.1 Å². The maximum atomic E-state index is 14.1. The number of benzene rings is 1. The second-order valence-corrected chi connectivity index (χ2v) is 11.4. The van der Waals surface area contributed by atoms with E-state index in [0.29, 0.717) is 24.3 Å². The van der Waals surface area contributed by atoms with E-state index in [1.54, 1.807) is 6.07 Å². The number of rotatable bonds is 7. The predicted molar refractivity (Wildman–Crippen MR) is 147 cm³/mol. The predicted octanol–water partition coefficient (Wildman–Crippen LogP) is -1.00. The highest BCUT2D eigenvalue weighted by molar-refractivity contribution is 6.32. The summed E-state index contributed by atoms with van der Waals surface area (Å²) >= 11 is 0. The standard InChI is InChI=1S/C28H37N5O8/c1-6-33(7-2)16-10-15(31-27(40)11(3)29)21(34)18-13(16)8-12-9-14-20(32(4)5)23(36)19(26(30)39)25(38)28(14,41)24(37)17(12)22(18)35/h10-12,14,17,19-20,34,41H,6-9,29H2,1-5H3,(H2,30,39)(H,31,40). The summed E-state index contributed by atoms with van der Waals surface area (Å²) in [5.41, 5.74) is 8.99. The Balaban J connectivity index is 1.91. The summed E-state index contributed by atoms with van der Waals surface area (Å²) in [6.07, 6.45) is 0.0677. The molecule has 0 radical (unpaired) electrons. The first kappa shape index (κ1) is 30.3. The number of aliphatic hydroxyl groups is 1. The van der Waals surface area contributed by atoms with Gasteiger partial charge >= 0.3 is 0 Å². The number of hydrogen-bond donors (Lipinski definition) is 5. The number of likely N-dealkylation sites (N-methyl/N-ethyl adjacent to an activating group) is 1. The van der Waals surface area contributed by atoms with Crippen molar-refractivity contribution in [3.8, 4) is 5.75 Å². The molecule has 0 spiro atoms. The zero-order valence-corrected chi connectivity index (χ0v) is 23.8. The normalized spacial score (nSPS) is 29.9. The Kier molecular flexibility index (Phi) is 7.84. The Morgan fingerprint density at radius 2 is 1.76 bits per heavy atom. The van der Waals surface area contributed by atoms with Gasteiger partial charge < -0.3 is 31.9 Å². The van der Waals surface area contributed by atoms with Gasteiger partial charge in [0.15, 0.2) is 34.7 Å². The van der Waals surface area contributed by atoms with Crippen LogP contribution >= 0.6 is 0 Å². The first-order chi connectivity index (χ1) is 19.1. The van der Waals surface area contributed by atoms with Gasteiger partial charge in [-0.2, -0.15) is 0 Å². The Morgan fingerprint density at radius 1 is 1.15 bits per heavy atom. The van der Waals surface area contributed by atoms with Crippen LogP contribution in [0.15, 0.2) is 6.07 Å². The molecule has 2 saturated carbocycles. The average molecular weight is 572 g/mol. The van der Waals surface area contributed by atoms with E-state index in [1.807, 2.05) is 18.7 Å². The van der Waals surface area contributed by atoms with Crippen LogP contribution in [-0.2, 0) is 30.4 Å². The third kappa shape index (κ3) is 4.43. The van der Waals surface area contributed by atoms with Gasteiger partial charge in [-0.15, -0.1) is 0 Å². The van der Waals surface area contributed by atoms with Crippen molar-refractivity contribution in [2.75, 3.05) is 37.4 Å². The lowest BCUT2D eigenvalue weighted by molar-refractivity contribution is -0.181. The monoisotopic (exact) mass is 571 g/mol. The number of amides is 2. The first-order valence-corrected chi connectivity index (χ1v) is 13.7. The molecule has 0 bridgehead atoms. The summed E-state index contributed by atoms with van der Waals surface area (Å²) in [6.45, 7) is 6.31. The molecule has 222 valence electrons. The van der Waals surface area contributed by atoms with E-state index in [2.05, 4.69) is 5.32 Å². The number of aromatic hydroxyl groups is 1. The molecule has 0 aliphatic heterocycles. The molecule has 2 fully saturated rings. The van der Waals surface area contributed by atoms with Gasteiger partial charge in [0, 0.05) is 24.7 Å². The second-order valence-electron chi connectivity index (χ2n) is 11.4. The topological polar surface area (TPSA) is 213 Å². The number of anilines is 2. The number of nitrogens with zero attached hydrogens (tertiary/aromatic N) is 2. The molecule has 3 aliphatic carbocycles. The van der Waals surface area contributed by atoms with Crippen LogP contribution in [0, 0.1) is 23.7 Å². The number of nitrogens with one attached hydrogen (secondary N) is 1. The molecule has 0 heterocycles. The fourth-order valence-corrected chi connectivity index (χ4v) is 6.84. The fraction of sp³-hybridized carbons (Fsp3) is 0.571. The van der Waals surface area contributed by atoms with E-state index in [1.165, 1.54) is 25.9 Å². The van der Waals surface area contributed by atoms with Crippen LogP contribution in [0.2, 0.25) is 0 Å². The van der Waals surface area contributed by atoms with Crippen LogP contribution in [0.5, 0.6) is 5.75 Å². The smallest absolute Gasteiger partial charge is 0.241 e. The van der Waals surface area contributed by atoms with Crippen LogP contribution in [0.25, 0.3) is 0 Å². The summed E-state index contributed by atoms with van der Waals surface area (Å²) in [5, 5.41) is 25.5. The van der Waals surface area contributed by atoms with Crippen molar-refractivity contribution >= 4 is 46.3 Å². The zero-order chi connectivity index (χ0) is 30.7. The van der Waals surface area contributed by atoms with Crippen molar-refractivity contribution in [1.29, 1.82) is 0 Å². The van der Waals surface area contributed by atoms with Gasteiger partial charge in [-0.1, -0.05) is 0 Å². The number of fused-ring (bicyclic) bond motifs is 3. The van der Waals surface area contributed by atoms with Gasteiger partial charge in [0.25, 0.3) is 0 Å². The maximum Gasteiger partial charge on any atom is 0.241 e. The lowest BCUT2D eigenvalue weighted by atomic mass is 9.52. The van der Waals surface area contributed by atoms with Crippen molar-refractivity contribution < 1.29 is 39.0 Å². The van der Waals surface area contributed by atoms with Crippen molar-refractivity contribution in [1.82, 2.24) is 4.90 Å². The minimum absolute atomic E-state index is 0.0501. The van der Waals surface area contributed by atoms with Crippen LogP contribution in [-0.4, -0.2) is 94.9 Å². The van der Waals surface area contributed by atoms with Crippen LogP contribution in [0.3, 0.4) is 0 Å². The fourth-order valence-electron chi connectivity index (χ4n) is 6.84. The van der Waals surface area contributed by atoms with E-state index in [-0.39, 0.29) is 24.1 Å². The van der Waals surface area contributed by atoms with Gasteiger partial charge in [-0.3, -0.25) is 33.7 Å². The molecule has 41 heavy (non-hydrogen) atoms. The number of carbonyl (C=O) groups excluding carboxylic acids is 6. The lowest BCUT2D eigenvalue weighted by Crippen LogP contribution is -2.74. The number of nitrogens with two attached hydrogens (primary N) is 2. The quantitative estimate of drug-likeness (QED) is 0.198. The number of hydrogen-bond acceptors (Lipinski definition) is 11. The Bertz CT molecular complexity index is 1350. The summed E-state index contributed by atoms with van der Waals surface area (Å²) in [7, 11) is 3.06. The third-order valence-corrected chi connectivity index (χ3v) is 8.81. The molecular weight excluding hydrogens is 534 g/mol. The Morgan fingerprint density at radius 3 is 2.27 bits per heavy atom. The maximum absolute atomic E-state index is 14.1.